The number of carbonyl (C=O) groups excluding carboxylic acids is 1. The minimum Gasteiger partial charge on any atom is -0.493 e. The van der Waals surface area contributed by atoms with Crippen LogP contribution in [0.2, 0.25) is 0 Å². The van der Waals surface area contributed by atoms with Crippen LogP contribution in [-0.2, 0) is 4.79 Å². The van der Waals surface area contributed by atoms with Crippen LogP contribution in [0.3, 0.4) is 0 Å². The number of thioether (sulfide) groups is 1. The predicted octanol–water partition coefficient (Wildman–Crippen LogP) is 7.44. The SMILES string of the molecule is Cc1ccc(N=C2S/C(=C/c3ccc(OCC(C)C)c4ccccc34)C(=O)N2CC(C)C)cc1. The maximum absolute atomic E-state index is 13.4. The van der Waals surface area contributed by atoms with Gasteiger partial charge in [0.25, 0.3) is 5.91 Å². The summed E-state index contributed by atoms with van der Waals surface area (Å²) in [5.41, 5.74) is 3.05. The van der Waals surface area contributed by atoms with Gasteiger partial charge in [0.1, 0.15) is 5.75 Å². The van der Waals surface area contributed by atoms with E-state index in [1.807, 2.05) is 59.5 Å². The highest BCUT2D eigenvalue weighted by Gasteiger charge is 2.33. The molecule has 1 aliphatic heterocycles. The van der Waals surface area contributed by atoms with Gasteiger partial charge in [-0.15, -0.1) is 0 Å². The number of ether oxygens (including phenoxy) is 1. The molecule has 3 aromatic rings. The van der Waals surface area contributed by atoms with E-state index in [1.165, 1.54) is 17.3 Å². The highest BCUT2D eigenvalue weighted by molar-refractivity contribution is 8.18. The van der Waals surface area contributed by atoms with Crippen molar-refractivity contribution in [3.05, 3.63) is 76.7 Å². The van der Waals surface area contributed by atoms with Crippen LogP contribution >= 0.6 is 11.8 Å². The molecule has 0 saturated carbocycles. The summed E-state index contributed by atoms with van der Waals surface area (Å²) in [6, 6.07) is 20.3. The van der Waals surface area contributed by atoms with E-state index in [0.717, 1.165) is 32.9 Å². The molecule has 4 nitrogen and oxygen atoms in total. The van der Waals surface area contributed by atoms with Crippen LogP contribution in [0, 0.1) is 18.8 Å². The van der Waals surface area contributed by atoms with E-state index in [0.29, 0.717) is 29.9 Å². The normalized spacial score (nSPS) is 16.6. The van der Waals surface area contributed by atoms with Crippen molar-refractivity contribution in [2.45, 2.75) is 34.6 Å². The number of amides is 1. The Labute approximate surface area is 206 Å². The van der Waals surface area contributed by atoms with Gasteiger partial charge >= 0.3 is 0 Å². The maximum Gasteiger partial charge on any atom is 0.266 e. The molecule has 0 aliphatic carbocycles. The van der Waals surface area contributed by atoms with Crippen molar-refractivity contribution < 1.29 is 9.53 Å². The molecule has 0 N–H and O–H groups in total. The molecular formula is C29H32N2O2S. The number of nitrogens with zero attached hydrogens (tertiary/aromatic N) is 2. The Kier molecular flexibility index (Phi) is 7.42. The lowest BCUT2D eigenvalue weighted by Crippen LogP contribution is -2.32. The Hall–Kier alpha value is -3.05. The average Bonchev–Trinajstić information content (AvgIpc) is 3.08. The number of rotatable bonds is 7. The zero-order chi connectivity index (χ0) is 24.2. The molecule has 0 bridgehead atoms. The number of hydrogen-bond donors (Lipinski definition) is 0. The van der Waals surface area contributed by atoms with E-state index in [4.69, 9.17) is 9.73 Å². The average molecular weight is 473 g/mol. The first-order valence-electron chi connectivity index (χ1n) is 11.8. The van der Waals surface area contributed by atoms with Gasteiger partial charge in [-0.25, -0.2) is 4.99 Å². The first-order valence-corrected chi connectivity index (χ1v) is 12.6. The third-order valence-corrected chi connectivity index (χ3v) is 6.48. The summed E-state index contributed by atoms with van der Waals surface area (Å²) >= 11 is 1.45. The quantitative estimate of drug-likeness (QED) is 0.336. The lowest BCUT2D eigenvalue weighted by atomic mass is 10.0. The summed E-state index contributed by atoms with van der Waals surface area (Å²) in [6.07, 6.45) is 1.99. The van der Waals surface area contributed by atoms with Crippen LogP contribution in [0.5, 0.6) is 5.75 Å². The Bertz CT molecular complexity index is 1240. The number of benzene rings is 3. The smallest absolute Gasteiger partial charge is 0.266 e. The molecule has 0 spiro atoms. The fourth-order valence-corrected chi connectivity index (χ4v) is 4.79. The monoisotopic (exact) mass is 472 g/mol. The second kappa shape index (κ2) is 10.5. The molecule has 176 valence electrons. The molecule has 34 heavy (non-hydrogen) atoms. The van der Waals surface area contributed by atoms with Crippen LogP contribution in [-0.4, -0.2) is 29.1 Å². The van der Waals surface area contributed by atoms with Gasteiger partial charge in [0.15, 0.2) is 5.17 Å². The second-order valence-corrected chi connectivity index (χ2v) is 10.6. The summed E-state index contributed by atoms with van der Waals surface area (Å²) < 4.78 is 6.06. The minimum atomic E-state index is 0.00813. The van der Waals surface area contributed by atoms with Crippen LogP contribution < -0.4 is 4.74 Å². The van der Waals surface area contributed by atoms with Crippen molar-refractivity contribution in [3.8, 4) is 5.75 Å². The van der Waals surface area contributed by atoms with Crippen molar-refractivity contribution in [2.75, 3.05) is 13.2 Å². The molecule has 0 unspecified atom stereocenters. The molecule has 1 amide bonds. The van der Waals surface area contributed by atoms with E-state index in [2.05, 4.69) is 46.8 Å². The lowest BCUT2D eigenvalue weighted by molar-refractivity contribution is -0.122. The molecular weight excluding hydrogens is 440 g/mol. The third-order valence-electron chi connectivity index (χ3n) is 5.47. The molecule has 0 radical (unpaired) electrons. The fraction of sp³-hybridized carbons (Fsp3) is 0.310. The van der Waals surface area contributed by atoms with Gasteiger partial charge in [0, 0.05) is 11.9 Å². The zero-order valence-corrected chi connectivity index (χ0v) is 21.4. The molecule has 1 heterocycles. The topological polar surface area (TPSA) is 41.9 Å². The number of hydrogen-bond acceptors (Lipinski definition) is 4. The van der Waals surface area contributed by atoms with Gasteiger partial charge < -0.3 is 4.74 Å². The molecule has 0 atom stereocenters. The molecule has 1 aliphatic rings. The lowest BCUT2D eigenvalue weighted by Gasteiger charge is -2.17. The van der Waals surface area contributed by atoms with Gasteiger partial charge in [0.05, 0.1) is 17.2 Å². The van der Waals surface area contributed by atoms with Crippen molar-refractivity contribution in [1.29, 1.82) is 0 Å². The number of carbonyl (C=O) groups is 1. The van der Waals surface area contributed by atoms with Gasteiger partial charge in [-0.05, 0) is 65.7 Å². The Morgan fingerprint density at radius 1 is 0.941 bits per heavy atom. The first kappa shape index (κ1) is 24.1. The summed E-state index contributed by atoms with van der Waals surface area (Å²) in [5, 5.41) is 2.86. The standard InChI is InChI=1S/C29H32N2O2S/c1-19(2)17-31-28(32)27(34-29(31)30-23-13-10-21(5)11-14-23)16-22-12-15-26(33-18-20(3)4)25-9-7-6-8-24(22)25/h6-16,19-20H,17-18H2,1-5H3/b27-16+,30-29?. The first-order chi connectivity index (χ1) is 16.3. The highest BCUT2D eigenvalue weighted by Crippen LogP contribution is 2.37. The Morgan fingerprint density at radius 3 is 2.32 bits per heavy atom. The summed E-state index contributed by atoms with van der Waals surface area (Å²) in [4.78, 5) is 20.7. The van der Waals surface area contributed by atoms with Gasteiger partial charge in [-0.2, -0.15) is 0 Å². The van der Waals surface area contributed by atoms with E-state index >= 15 is 0 Å². The van der Waals surface area contributed by atoms with Crippen molar-refractivity contribution in [2.24, 2.45) is 16.8 Å². The molecule has 1 fully saturated rings. The number of aliphatic imine (C=N–C) groups is 1. The molecule has 5 heteroatoms. The van der Waals surface area contributed by atoms with Crippen LogP contribution in [0.1, 0.15) is 38.8 Å². The number of fused-ring (bicyclic) bond motifs is 1. The van der Waals surface area contributed by atoms with Crippen LogP contribution in [0.15, 0.2) is 70.6 Å². The number of amidine groups is 1. The third kappa shape index (κ3) is 5.53. The van der Waals surface area contributed by atoms with Gasteiger partial charge in [0.2, 0.25) is 0 Å². The van der Waals surface area contributed by atoms with Crippen LogP contribution in [0.25, 0.3) is 16.8 Å². The predicted molar refractivity (Wildman–Crippen MR) is 145 cm³/mol. The van der Waals surface area contributed by atoms with E-state index in [-0.39, 0.29) is 5.91 Å². The molecule has 0 aromatic heterocycles. The van der Waals surface area contributed by atoms with Crippen molar-refractivity contribution in [3.63, 3.8) is 0 Å². The van der Waals surface area contributed by atoms with E-state index < -0.39 is 0 Å². The summed E-state index contributed by atoms with van der Waals surface area (Å²) in [6.45, 7) is 11.9. The van der Waals surface area contributed by atoms with Crippen LogP contribution in [0.4, 0.5) is 5.69 Å². The minimum absolute atomic E-state index is 0.00813. The second-order valence-electron chi connectivity index (χ2n) is 9.55. The zero-order valence-electron chi connectivity index (χ0n) is 20.5. The number of aryl methyl sites for hydroxylation is 1. The Morgan fingerprint density at radius 2 is 1.65 bits per heavy atom. The molecule has 3 aromatic carbocycles. The van der Waals surface area contributed by atoms with Crippen molar-refractivity contribution >= 4 is 45.4 Å². The van der Waals surface area contributed by atoms with Gasteiger partial charge in [-0.1, -0.05) is 75.7 Å². The molecule has 4 rings (SSSR count). The largest absolute Gasteiger partial charge is 0.493 e. The fourth-order valence-electron chi connectivity index (χ4n) is 3.79. The summed E-state index contributed by atoms with van der Waals surface area (Å²) in [5.74, 6) is 1.67. The summed E-state index contributed by atoms with van der Waals surface area (Å²) in [7, 11) is 0. The Balaban J connectivity index is 1.71. The van der Waals surface area contributed by atoms with Gasteiger partial charge in [-0.3, -0.25) is 9.69 Å². The maximum atomic E-state index is 13.4. The van der Waals surface area contributed by atoms with E-state index in [9.17, 15) is 4.79 Å². The molecule has 1 saturated heterocycles. The van der Waals surface area contributed by atoms with Crippen molar-refractivity contribution in [1.82, 2.24) is 4.90 Å². The van der Waals surface area contributed by atoms with E-state index in [1.54, 1.807) is 0 Å². The highest BCUT2D eigenvalue weighted by atomic mass is 32.2.